The summed E-state index contributed by atoms with van der Waals surface area (Å²) in [6, 6.07) is 29.8. The Morgan fingerprint density at radius 2 is 1.13 bits per heavy atom. The average Bonchev–Trinajstić information content (AvgIpc) is 2.76. The summed E-state index contributed by atoms with van der Waals surface area (Å²) in [5.74, 6) is 2.95. The van der Waals surface area contributed by atoms with E-state index in [2.05, 4.69) is 78.9 Å². The van der Waals surface area contributed by atoms with Crippen LogP contribution < -0.4 is 0 Å². The minimum atomic E-state index is 0.450. The van der Waals surface area contributed by atoms with Crippen molar-refractivity contribution in [2.45, 2.75) is 43.9 Å². The first-order valence-corrected chi connectivity index (χ1v) is 11.8. The smallest absolute Gasteiger partial charge is 0.00267 e. The van der Waals surface area contributed by atoms with Crippen molar-refractivity contribution in [2.75, 3.05) is 0 Å². The van der Waals surface area contributed by atoms with E-state index in [0.717, 1.165) is 17.8 Å². The van der Waals surface area contributed by atoms with Crippen LogP contribution in [-0.4, -0.2) is 0 Å². The van der Waals surface area contributed by atoms with E-state index in [1.165, 1.54) is 71.2 Å². The Bertz CT molecular complexity index is 1190. The fraction of sp³-hybridized carbons (Fsp3) is 0.333. The van der Waals surface area contributed by atoms with E-state index in [1.807, 2.05) is 0 Å². The normalized spacial score (nSPS) is 29.7. The molecule has 4 aliphatic carbocycles. The molecule has 0 amide bonds. The molecule has 148 valence electrons. The van der Waals surface area contributed by atoms with E-state index in [9.17, 15) is 0 Å². The summed E-state index contributed by atoms with van der Waals surface area (Å²) in [6.07, 6.45) is 8.81. The maximum atomic E-state index is 2.57. The molecule has 0 spiro atoms. The molecule has 4 fully saturated rings. The van der Waals surface area contributed by atoms with E-state index < -0.39 is 0 Å². The van der Waals surface area contributed by atoms with E-state index in [-0.39, 0.29) is 0 Å². The summed E-state index contributed by atoms with van der Waals surface area (Å²) in [6.45, 7) is 0. The van der Waals surface area contributed by atoms with E-state index in [1.54, 1.807) is 5.56 Å². The van der Waals surface area contributed by atoms with Crippen LogP contribution in [0.4, 0.5) is 0 Å². The minimum Gasteiger partial charge on any atom is -0.0616 e. The molecule has 4 saturated carbocycles. The molecule has 0 heterocycles. The van der Waals surface area contributed by atoms with Crippen LogP contribution >= 0.6 is 0 Å². The minimum absolute atomic E-state index is 0.450. The molecule has 4 bridgehead atoms. The molecular formula is C30H28. The summed E-state index contributed by atoms with van der Waals surface area (Å²) in [7, 11) is 0. The molecule has 0 atom stereocenters. The SMILES string of the molecule is c1cc(-c2c3ccccc3cc3ccccc23)cc(C23CC4CC(CC(C4)C2)C3)c1. The van der Waals surface area contributed by atoms with Gasteiger partial charge in [-0.25, -0.2) is 0 Å². The Balaban J connectivity index is 1.45. The van der Waals surface area contributed by atoms with Crippen LogP contribution in [0.2, 0.25) is 0 Å². The van der Waals surface area contributed by atoms with Gasteiger partial charge < -0.3 is 0 Å². The Labute approximate surface area is 178 Å². The molecule has 0 aliphatic heterocycles. The number of hydrogen-bond acceptors (Lipinski definition) is 0. The van der Waals surface area contributed by atoms with Gasteiger partial charge in [-0.05, 0) is 106 Å². The van der Waals surface area contributed by atoms with Crippen LogP contribution in [0.3, 0.4) is 0 Å². The van der Waals surface area contributed by atoms with Crippen LogP contribution in [0.25, 0.3) is 32.7 Å². The van der Waals surface area contributed by atoms with Gasteiger partial charge >= 0.3 is 0 Å². The number of fused-ring (bicyclic) bond motifs is 2. The fourth-order valence-corrected chi connectivity index (χ4v) is 7.79. The van der Waals surface area contributed by atoms with Gasteiger partial charge in [0.05, 0.1) is 0 Å². The van der Waals surface area contributed by atoms with Gasteiger partial charge in [0.25, 0.3) is 0 Å². The first kappa shape index (κ1) is 17.1. The molecule has 0 saturated heterocycles. The van der Waals surface area contributed by atoms with Crippen molar-refractivity contribution in [3.63, 3.8) is 0 Å². The number of rotatable bonds is 2. The van der Waals surface area contributed by atoms with Gasteiger partial charge in [0.2, 0.25) is 0 Å². The lowest BCUT2D eigenvalue weighted by molar-refractivity contribution is -0.00516. The third-order valence-corrected chi connectivity index (χ3v) is 8.57. The van der Waals surface area contributed by atoms with Crippen LogP contribution in [0.1, 0.15) is 44.1 Å². The van der Waals surface area contributed by atoms with Gasteiger partial charge in [-0.1, -0.05) is 72.8 Å². The summed E-state index contributed by atoms with van der Waals surface area (Å²) < 4.78 is 0. The lowest BCUT2D eigenvalue weighted by Gasteiger charge is -2.57. The summed E-state index contributed by atoms with van der Waals surface area (Å²) in [4.78, 5) is 0. The fourth-order valence-electron chi connectivity index (χ4n) is 7.79. The van der Waals surface area contributed by atoms with Crippen LogP contribution in [0.15, 0.2) is 78.9 Å². The maximum Gasteiger partial charge on any atom is -0.00267 e. The monoisotopic (exact) mass is 388 g/mol. The van der Waals surface area contributed by atoms with Gasteiger partial charge in [0, 0.05) is 0 Å². The number of benzene rings is 4. The molecule has 8 rings (SSSR count). The molecule has 30 heavy (non-hydrogen) atoms. The zero-order valence-corrected chi connectivity index (χ0v) is 17.5. The number of hydrogen-bond donors (Lipinski definition) is 0. The van der Waals surface area contributed by atoms with Gasteiger partial charge in [0.1, 0.15) is 0 Å². The van der Waals surface area contributed by atoms with Gasteiger partial charge in [0.15, 0.2) is 0 Å². The molecule has 0 unspecified atom stereocenters. The highest BCUT2D eigenvalue weighted by Crippen LogP contribution is 2.61. The van der Waals surface area contributed by atoms with Crippen LogP contribution in [0, 0.1) is 17.8 Å². The zero-order chi connectivity index (χ0) is 19.7. The molecule has 0 radical (unpaired) electrons. The van der Waals surface area contributed by atoms with E-state index in [0.29, 0.717) is 5.41 Å². The second-order valence-electron chi connectivity index (χ2n) is 10.5. The van der Waals surface area contributed by atoms with Gasteiger partial charge in [-0.2, -0.15) is 0 Å². The third-order valence-electron chi connectivity index (χ3n) is 8.57. The van der Waals surface area contributed by atoms with E-state index >= 15 is 0 Å². The summed E-state index contributed by atoms with van der Waals surface area (Å²) >= 11 is 0. The van der Waals surface area contributed by atoms with Crippen molar-refractivity contribution in [1.82, 2.24) is 0 Å². The lowest BCUT2D eigenvalue weighted by Crippen LogP contribution is -2.48. The third kappa shape index (κ3) is 2.46. The highest BCUT2D eigenvalue weighted by Gasteiger charge is 2.51. The van der Waals surface area contributed by atoms with Crippen molar-refractivity contribution >= 4 is 21.5 Å². The van der Waals surface area contributed by atoms with Gasteiger partial charge in [-0.15, -0.1) is 0 Å². The second kappa shape index (κ2) is 6.20. The first-order valence-electron chi connectivity index (χ1n) is 11.8. The highest BCUT2D eigenvalue weighted by atomic mass is 14.6. The summed E-state index contributed by atoms with van der Waals surface area (Å²) in [5, 5.41) is 5.43. The van der Waals surface area contributed by atoms with Gasteiger partial charge in [-0.3, -0.25) is 0 Å². The Morgan fingerprint density at radius 1 is 0.567 bits per heavy atom. The molecule has 0 nitrogen and oxygen atoms in total. The zero-order valence-electron chi connectivity index (χ0n) is 17.5. The van der Waals surface area contributed by atoms with Crippen LogP contribution in [-0.2, 0) is 5.41 Å². The summed E-state index contributed by atoms with van der Waals surface area (Å²) in [5.41, 5.74) is 4.88. The molecule has 0 aromatic heterocycles. The maximum absolute atomic E-state index is 2.57. The predicted molar refractivity (Wildman–Crippen MR) is 127 cm³/mol. The highest BCUT2D eigenvalue weighted by molar-refractivity contribution is 6.12. The largest absolute Gasteiger partial charge is 0.0616 e. The molecule has 0 heteroatoms. The molecule has 4 aliphatic rings. The van der Waals surface area contributed by atoms with E-state index in [4.69, 9.17) is 0 Å². The topological polar surface area (TPSA) is 0 Å². The second-order valence-corrected chi connectivity index (χ2v) is 10.5. The molecule has 4 aromatic carbocycles. The predicted octanol–water partition coefficient (Wildman–Crippen LogP) is 8.13. The van der Waals surface area contributed by atoms with Crippen molar-refractivity contribution < 1.29 is 0 Å². The molecule has 0 N–H and O–H groups in total. The van der Waals surface area contributed by atoms with Crippen molar-refractivity contribution in [3.05, 3.63) is 84.4 Å². The van der Waals surface area contributed by atoms with Crippen LogP contribution in [0.5, 0.6) is 0 Å². The molecule has 4 aromatic rings. The quantitative estimate of drug-likeness (QED) is 0.304. The average molecular weight is 389 g/mol. The van der Waals surface area contributed by atoms with Crippen molar-refractivity contribution in [2.24, 2.45) is 17.8 Å². The lowest BCUT2D eigenvalue weighted by atomic mass is 9.48. The van der Waals surface area contributed by atoms with Crippen molar-refractivity contribution in [3.8, 4) is 11.1 Å². The standard InChI is InChI=1S/C30H28/c1-3-10-27-23(6-1)15-24-7-2-4-11-28(24)29(27)25-8-5-9-26(16-25)30-17-20-12-21(18-30)14-22(13-20)19-30/h1-11,15-16,20-22H,12-14,17-19H2. The van der Waals surface area contributed by atoms with Crippen molar-refractivity contribution in [1.29, 1.82) is 0 Å². The Kier molecular flexibility index (Phi) is 3.54. The molecular weight excluding hydrogens is 360 g/mol. The Hall–Kier alpha value is -2.60. The Morgan fingerprint density at radius 3 is 1.73 bits per heavy atom. The first-order chi connectivity index (χ1) is 14.8.